The molecule has 2 aromatic carbocycles. The number of anilines is 1. The van der Waals surface area contributed by atoms with E-state index in [4.69, 9.17) is 14.5 Å². The number of fused-ring (bicyclic) bond motifs is 2. The summed E-state index contributed by atoms with van der Waals surface area (Å²) in [6.45, 7) is 9.49. The van der Waals surface area contributed by atoms with Gasteiger partial charge in [0.05, 0.1) is 37.4 Å². The standard InChI is InChI=1S/C29H32N4O3/c1-19(2)21-4-6-22(7-5-21)23-14-25-24(26(34)15-23)16-30-29(31-25)33-11-9-32(10-12-33)17-20-3-8-27-28(13-20)36-18-35-27/h3-8,13,16,19,23H,9-12,14-15,17-18H2,1-2H3/p+1/t23-/m1/s1. The van der Waals surface area contributed by atoms with Crippen molar-refractivity contribution in [3.8, 4) is 11.5 Å². The van der Waals surface area contributed by atoms with Crippen molar-refractivity contribution in [3.63, 3.8) is 0 Å². The van der Waals surface area contributed by atoms with Gasteiger partial charge in [-0.15, -0.1) is 0 Å². The summed E-state index contributed by atoms with van der Waals surface area (Å²) in [4.78, 5) is 26.2. The number of carbonyl (C=O) groups is 1. The zero-order chi connectivity index (χ0) is 24.6. The third-order valence-electron chi connectivity index (χ3n) is 7.75. The van der Waals surface area contributed by atoms with Crippen LogP contribution in [0.2, 0.25) is 0 Å². The Kier molecular flexibility index (Phi) is 6.09. The fraction of sp³-hybridized carbons (Fsp3) is 0.414. The van der Waals surface area contributed by atoms with Gasteiger partial charge in [0.15, 0.2) is 17.3 Å². The third-order valence-corrected chi connectivity index (χ3v) is 7.75. The molecule has 0 spiro atoms. The Labute approximate surface area is 212 Å². The second-order valence-electron chi connectivity index (χ2n) is 10.5. The van der Waals surface area contributed by atoms with Crippen LogP contribution in [0.3, 0.4) is 0 Å². The Morgan fingerprint density at radius 3 is 2.58 bits per heavy atom. The molecule has 0 bridgehead atoms. The van der Waals surface area contributed by atoms with Crippen molar-refractivity contribution in [1.82, 2.24) is 9.97 Å². The van der Waals surface area contributed by atoms with E-state index >= 15 is 0 Å². The maximum absolute atomic E-state index is 12.9. The molecule has 1 atom stereocenters. The molecule has 2 aliphatic heterocycles. The summed E-state index contributed by atoms with van der Waals surface area (Å²) in [5.74, 6) is 3.26. The first-order chi connectivity index (χ1) is 17.5. The molecule has 0 saturated carbocycles. The van der Waals surface area contributed by atoms with E-state index in [1.54, 1.807) is 6.20 Å². The van der Waals surface area contributed by atoms with Gasteiger partial charge < -0.3 is 19.3 Å². The third kappa shape index (κ3) is 4.55. The summed E-state index contributed by atoms with van der Waals surface area (Å²) in [6, 6.07) is 15.0. The van der Waals surface area contributed by atoms with Crippen LogP contribution in [0.15, 0.2) is 48.7 Å². The van der Waals surface area contributed by atoms with Gasteiger partial charge in [0.25, 0.3) is 0 Å². The predicted molar refractivity (Wildman–Crippen MR) is 137 cm³/mol. The molecule has 1 fully saturated rings. The van der Waals surface area contributed by atoms with Gasteiger partial charge in [-0.2, -0.15) is 0 Å². The van der Waals surface area contributed by atoms with Gasteiger partial charge in [-0.1, -0.05) is 38.1 Å². The van der Waals surface area contributed by atoms with Crippen LogP contribution in [-0.4, -0.2) is 48.7 Å². The number of hydrogen-bond donors (Lipinski definition) is 1. The molecule has 7 nitrogen and oxygen atoms in total. The number of nitrogens with one attached hydrogen (secondary N) is 1. The van der Waals surface area contributed by atoms with E-state index in [2.05, 4.69) is 60.1 Å². The number of rotatable bonds is 5. The summed E-state index contributed by atoms with van der Waals surface area (Å²) in [5, 5.41) is 0. The molecular formula is C29H33N4O3+. The van der Waals surface area contributed by atoms with E-state index in [9.17, 15) is 4.79 Å². The second-order valence-corrected chi connectivity index (χ2v) is 10.5. The highest BCUT2D eigenvalue weighted by Gasteiger charge is 2.30. The van der Waals surface area contributed by atoms with Crippen LogP contribution < -0.4 is 19.3 Å². The fourth-order valence-electron chi connectivity index (χ4n) is 5.51. The van der Waals surface area contributed by atoms with Crippen molar-refractivity contribution in [1.29, 1.82) is 0 Å². The molecule has 1 N–H and O–H groups in total. The maximum Gasteiger partial charge on any atom is 0.231 e. The maximum atomic E-state index is 12.9. The molecule has 0 amide bonds. The van der Waals surface area contributed by atoms with Gasteiger partial charge in [-0.05, 0) is 47.6 Å². The van der Waals surface area contributed by atoms with Crippen LogP contribution in [0, 0.1) is 0 Å². The molecule has 3 aliphatic rings. The van der Waals surface area contributed by atoms with Crippen molar-refractivity contribution >= 4 is 11.7 Å². The average Bonchev–Trinajstić information content (AvgIpc) is 3.37. The topological polar surface area (TPSA) is 69.0 Å². The van der Waals surface area contributed by atoms with Crippen molar-refractivity contribution in [3.05, 3.63) is 76.6 Å². The molecule has 186 valence electrons. The van der Waals surface area contributed by atoms with Crippen molar-refractivity contribution in [2.24, 2.45) is 0 Å². The summed E-state index contributed by atoms with van der Waals surface area (Å²) < 4.78 is 11.0. The van der Waals surface area contributed by atoms with Crippen LogP contribution in [0.1, 0.15) is 64.8 Å². The van der Waals surface area contributed by atoms with Crippen LogP contribution in [-0.2, 0) is 13.0 Å². The van der Waals surface area contributed by atoms with Crippen molar-refractivity contribution < 1.29 is 19.2 Å². The van der Waals surface area contributed by atoms with E-state index in [-0.39, 0.29) is 11.7 Å². The van der Waals surface area contributed by atoms with Gasteiger partial charge in [0.1, 0.15) is 6.54 Å². The average molecular weight is 486 g/mol. The first-order valence-corrected chi connectivity index (χ1v) is 13.0. The largest absolute Gasteiger partial charge is 0.454 e. The number of carbonyl (C=O) groups excluding carboxylic acids is 1. The lowest BCUT2D eigenvalue weighted by molar-refractivity contribution is -0.914. The van der Waals surface area contributed by atoms with E-state index < -0.39 is 0 Å². The summed E-state index contributed by atoms with van der Waals surface area (Å²) in [6.07, 6.45) is 3.06. The molecule has 36 heavy (non-hydrogen) atoms. The summed E-state index contributed by atoms with van der Waals surface area (Å²) in [5.41, 5.74) is 5.40. The molecule has 7 heteroatoms. The number of ketones is 1. The first-order valence-electron chi connectivity index (χ1n) is 13.0. The highest BCUT2D eigenvalue weighted by molar-refractivity contribution is 5.98. The number of aromatic nitrogens is 2. The SMILES string of the molecule is CC(C)c1ccc([C@H]2CC(=O)c3cnc(N4CC[NH+](Cc5ccc6c(c5)OCO6)CC4)nc3C2)cc1. The molecular weight excluding hydrogens is 452 g/mol. The number of benzene rings is 2. The van der Waals surface area contributed by atoms with Gasteiger partial charge in [-0.25, -0.2) is 9.97 Å². The molecule has 1 aromatic heterocycles. The zero-order valence-corrected chi connectivity index (χ0v) is 21.0. The van der Waals surface area contributed by atoms with Crippen molar-refractivity contribution in [2.75, 3.05) is 37.9 Å². The van der Waals surface area contributed by atoms with E-state index in [0.717, 1.165) is 62.3 Å². The lowest BCUT2D eigenvalue weighted by atomic mass is 9.81. The normalized spacial score (nSPS) is 19.6. The van der Waals surface area contributed by atoms with Gasteiger partial charge in [0.2, 0.25) is 12.7 Å². The molecule has 6 rings (SSSR count). The number of hydrogen-bond acceptors (Lipinski definition) is 6. The minimum atomic E-state index is 0.152. The van der Waals surface area contributed by atoms with E-state index in [0.29, 0.717) is 24.7 Å². The fourth-order valence-corrected chi connectivity index (χ4v) is 5.51. The van der Waals surface area contributed by atoms with Crippen LogP contribution in [0.5, 0.6) is 11.5 Å². The minimum Gasteiger partial charge on any atom is -0.454 e. The number of quaternary nitrogens is 1. The Bertz CT molecular complexity index is 1270. The number of ether oxygens (including phenoxy) is 2. The van der Waals surface area contributed by atoms with E-state index in [1.165, 1.54) is 21.6 Å². The second kappa shape index (κ2) is 9.54. The van der Waals surface area contributed by atoms with Crippen LogP contribution >= 0.6 is 0 Å². The molecule has 0 radical (unpaired) electrons. The van der Waals surface area contributed by atoms with Crippen LogP contribution in [0.4, 0.5) is 5.95 Å². The molecule has 3 aromatic rings. The molecule has 3 heterocycles. The molecule has 1 saturated heterocycles. The van der Waals surface area contributed by atoms with Gasteiger partial charge in [0, 0.05) is 18.2 Å². The monoisotopic (exact) mass is 485 g/mol. The molecule has 0 unspecified atom stereocenters. The minimum absolute atomic E-state index is 0.152. The highest BCUT2D eigenvalue weighted by atomic mass is 16.7. The first kappa shape index (κ1) is 23.0. The predicted octanol–water partition coefficient (Wildman–Crippen LogP) is 3.15. The Balaban J connectivity index is 1.11. The van der Waals surface area contributed by atoms with E-state index in [1.807, 2.05) is 6.07 Å². The molecule has 1 aliphatic carbocycles. The van der Waals surface area contributed by atoms with Gasteiger partial charge >= 0.3 is 0 Å². The Hall–Kier alpha value is -3.45. The lowest BCUT2D eigenvalue weighted by Crippen LogP contribution is -3.13. The number of Topliss-reactive ketones (excluding diaryl/α,β-unsaturated/α-hetero) is 1. The summed E-state index contributed by atoms with van der Waals surface area (Å²) >= 11 is 0. The zero-order valence-electron chi connectivity index (χ0n) is 21.0. The number of piperazine rings is 1. The van der Waals surface area contributed by atoms with Gasteiger partial charge in [-0.3, -0.25) is 4.79 Å². The van der Waals surface area contributed by atoms with Crippen molar-refractivity contribution in [2.45, 2.75) is 45.1 Å². The lowest BCUT2D eigenvalue weighted by Gasteiger charge is -2.33. The highest BCUT2D eigenvalue weighted by Crippen LogP contribution is 2.34. The Morgan fingerprint density at radius 1 is 1.03 bits per heavy atom. The summed E-state index contributed by atoms with van der Waals surface area (Å²) in [7, 11) is 0. The quantitative estimate of drug-likeness (QED) is 0.599. The smallest absolute Gasteiger partial charge is 0.231 e. The van der Waals surface area contributed by atoms with Crippen LogP contribution in [0.25, 0.3) is 0 Å². The number of nitrogens with zero attached hydrogens (tertiary/aromatic N) is 3. The Morgan fingerprint density at radius 2 is 1.81 bits per heavy atom.